The summed E-state index contributed by atoms with van der Waals surface area (Å²) in [5, 5.41) is 42.2. The molecule has 0 aliphatic carbocycles. The SMILES string of the molecule is CC(=O)N(O)CCCCCNC(=O)CCC(=O)N(O)CCCCCNC(=O)CCC(=O)N(O)CCCCC[NH2+]CCCCOCCCCCCCCCC[PH+](c1ccccc1)c1ccccc1. The second-order valence-corrected chi connectivity index (χ2v) is 20.1. The molecule has 0 atom stereocenters. The van der Waals surface area contributed by atoms with Crippen molar-refractivity contribution in [2.45, 2.75) is 155 Å². The van der Waals surface area contributed by atoms with Crippen molar-refractivity contribution in [3.05, 3.63) is 60.7 Å². The lowest BCUT2D eigenvalue weighted by atomic mass is 10.1. The first-order valence-corrected chi connectivity index (χ1v) is 27.1. The van der Waals surface area contributed by atoms with E-state index in [0.717, 1.165) is 63.5 Å². The normalized spacial score (nSPS) is 11.1. The number of carbonyl (C=O) groups excluding carboxylic acids is 5. The first kappa shape index (κ1) is 59.1. The van der Waals surface area contributed by atoms with Gasteiger partial charge < -0.3 is 20.7 Å². The Morgan fingerprint density at radius 1 is 0.493 bits per heavy atom. The fraction of sp³-hybridized carbons (Fsp3) is 0.667. The van der Waals surface area contributed by atoms with Crippen molar-refractivity contribution in [1.29, 1.82) is 0 Å². The molecular formula is C51H87N6O9P+2. The van der Waals surface area contributed by atoms with Crippen molar-refractivity contribution in [2.75, 3.05) is 65.2 Å². The van der Waals surface area contributed by atoms with Gasteiger partial charge in [-0.15, -0.1) is 0 Å². The Labute approximate surface area is 402 Å². The number of hydroxylamine groups is 6. The van der Waals surface area contributed by atoms with Gasteiger partial charge in [-0.1, -0.05) is 68.5 Å². The van der Waals surface area contributed by atoms with E-state index in [1.54, 1.807) is 0 Å². The third kappa shape index (κ3) is 31.6. The molecule has 0 bridgehead atoms. The van der Waals surface area contributed by atoms with E-state index in [1.165, 1.54) is 68.6 Å². The highest BCUT2D eigenvalue weighted by atomic mass is 31.1. The van der Waals surface area contributed by atoms with Crippen LogP contribution in [0.4, 0.5) is 0 Å². The van der Waals surface area contributed by atoms with Crippen molar-refractivity contribution in [3.63, 3.8) is 0 Å². The minimum Gasteiger partial charge on any atom is -0.381 e. The van der Waals surface area contributed by atoms with Crippen LogP contribution in [0.25, 0.3) is 0 Å². The molecule has 2 aromatic rings. The predicted octanol–water partition coefficient (Wildman–Crippen LogP) is 6.31. The van der Waals surface area contributed by atoms with Gasteiger partial charge in [-0.05, 0) is 114 Å². The van der Waals surface area contributed by atoms with Gasteiger partial charge >= 0.3 is 0 Å². The van der Waals surface area contributed by atoms with E-state index in [9.17, 15) is 39.6 Å². The molecule has 0 aliphatic rings. The largest absolute Gasteiger partial charge is 0.381 e. The Kier molecular flexibility index (Phi) is 35.3. The van der Waals surface area contributed by atoms with E-state index in [2.05, 4.69) is 76.6 Å². The van der Waals surface area contributed by atoms with Gasteiger partial charge in [0.1, 0.15) is 0 Å². The maximum absolute atomic E-state index is 12.3. The van der Waals surface area contributed by atoms with Gasteiger partial charge in [0.25, 0.3) is 0 Å². The van der Waals surface area contributed by atoms with E-state index < -0.39 is 25.6 Å². The van der Waals surface area contributed by atoms with Crippen LogP contribution in [0.2, 0.25) is 0 Å². The number of amides is 5. The van der Waals surface area contributed by atoms with Crippen LogP contribution < -0.4 is 26.6 Å². The summed E-state index contributed by atoms with van der Waals surface area (Å²) >= 11 is 0. The van der Waals surface area contributed by atoms with Crippen LogP contribution in [0, 0.1) is 0 Å². The lowest BCUT2D eigenvalue weighted by Gasteiger charge is -2.15. The van der Waals surface area contributed by atoms with Gasteiger partial charge in [0, 0.05) is 78.5 Å². The topological polar surface area (TPSA) is 206 Å². The molecule has 67 heavy (non-hydrogen) atoms. The zero-order valence-electron chi connectivity index (χ0n) is 40.8. The Morgan fingerprint density at radius 2 is 0.881 bits per heavy atom. The van der Waals surface area contributed by atoms with Crippen molar-refractivity contribution >= 4 is 48.1 Å². The number of ether oxygens (including phenoxy) is 1. The van der Waals surface area contributed by atoms with Gasteiger partial charge in [-0.2, -0.15) is 0 Å². The van der Waals surface area contributed by atoms with Crippen LogP contribution in [-0.4, -0.2) is 126 Å². The summed E-state index contributed by atoms with van der Waals surface area (Å²) in [7, 11) is -0.699. The molecule has 0 aromatic heterocycles. The molecule has 2 aromatic carbocycles. The minimum absolute atomic E-state index is 0.0136. The molecule has 0 saturated heterocycles. The molecule has 5 amide bonds. The number of carbonyl (C=O) groups is 5. The third-order valence-corrected chi connectivity index (χ3v) is 14.7. The maximum Gasteiger partial charge on any atom is 0.246 e. The molecule has 0 aliphatic heterocycles. The zero-order valence-corrected chi connectivity index (χ0v) is 41.8. The highest BCUT2D eigenvalue weighted by Crippen LogP contribution is 2.34. The Hall–Kier alpha value is -3.98. The summed E-state index contributed by atoms with van der Waals surface area (Å²) in [4.78, 5) is 59.5. The molecule has 0 saturated carbocycles. The molecule has 0 unspecified atom stereocenters. The molecule has 0 heterocycles. The van der Waals surface area contributed by atoms with Gasteiger partial charge in [0.15, 0.2) is 0 Å². The quantitative estimate of drug-likeness (QED) is 0.0191. The molecule has 15 nitrogen and oxygen atoms in total. The molecule has 0 spiro atoms. The van der Waals surface area contributed by atoms with E-state index >= 15 is 0 Å². The van der Waals surface area contributed by atoms with Crippen molar-refractivity contribution in [1.82, 2.24) is 25.8 Å². The number of nitrogens with zero attached hydrogens (tertiary/aromatic N) is 3. The van der Waals surface area contributed by atoms with Gasteiger partial charge in [0.05, 0.1) is 37.8 Å². The van der Waals surface area contributed by atoms with Gasteiger partial charge in [-0.25, -0.2) is 15.2 Å². The Morgan fingerprint density at radius 3 is 1.36 bits per heavy atom. The van der Waals surface area contributed by atoms with Crippen molar-refractivity contribution < 1.29 is 49.6 Å². The lowest BCUT2D eigenvalue weighted by molar-refractivity contribution is -0.655. The van der Waals surface area contributed by atoms with Gasteiger partial charge in [-0.3, -0.25) is 39.6 Å². The first-order chi connectivity index (χ1) is 32.6. The monoisotopic (exact) mass is 959 g/mol. The molecule has 7 N–H and O–H groups in total. The Bertz CT molecular complexity index is 1560. The summed E-state index contributed by atoms with van der Waals surface area (Å²) in [5.74, 6) is -2.00. The molecule has 378 valence electrons. The van der Waals surface area contributed by atoms with Crippen LogP contribution >= 0.6 is 7.92 Å². The van der Waals surface area contributed by atoms with Crippen LogP contribution in [-0.2, 0) is 28.7 Å². The number of rotatable bonds is 42. The van der Waals surface area contributed by atoms with Crippen LogP contribution in [0.5, 0.6) is 0 Å². The first-order valence-electron chi connectivity index (χ1n) is 25.4. The Balaban J connectivity index is 1.30. The highest BCUT2D eigenvalue weighted by Gasteiger charge is 2.21. The molecule has 16 heteroatoms. The summed E-state index contributed by atoms with van der Waals surface area (Å²) in [5.41, 5.74) is 0. The highest BCUT2D eigenvalue weighted by molar-refractivity contribution is 7.73. The number of nitrogens with two attached hydrogens (primary N) is 1. The second kappa shape index (κ2) is 40.0. The van der Waals surface area contributed by atoms with E-state index in [4.69, 9.17) is 4.74 Å². The number of benzene rings is 2. The standard InChI is InChI=1S/C51H85N6O9P/c1-45(58)55(63)39-21-11-18-37-53-48(59)32-34-51(62)57(65)41-23-12-19-38-54-49(60)31-33-50(61)56(64)40-22-10-17-35-52-36-20-25-43-66-42-24-6-4-2-3-5-7-26-44-67(46-27-13-8-14-28-46)47-29-15-9-16-30-47/h8-9,13-16,27-30,52,63-65H,2-7,10-12,17-26,31-44H2,1H3,(H,53,59)(H,54,60)/p+2. The fourth-order valence-corrected chi connectivity index (χ4v) is 10.3. The number of quaternary nitrogens is 1. The zero-order chi connectivity index (χ0) is 48.6. The number of hydrogen-bond donors (Lipinski definition) is 6. The average molecular weight is 959 g/mol. The molecular weight excluding hydrogens is 872 g/mol. The van der Waals surface area contributed by atoms with Crippen LogP contribution in [0.1, 0.15) is 155 Å². The molecule has 0 radical (unpaired) electrons. The summed E-state index contributed by atoms with van der Waals surface area (Å²) in [6.45, 7) is 6.47. The minimum atomic E-state index is -0.699. The maximum atomic E-state index is 12.3. The predicted molar refractivity (Wildman–Crippen MR) is 266 cm³/mol. The van der Waals surface area contributed by atoms with Crippen LogP contribution in [0.15, 0.2) is 60.7 Å². The number of unbranched alkanes of at least 4 members (excludes halogenated alkanes) is 14. The van der Waals surface area contributed by atoms with E-state index in [-0.39, 0.29) is 57.1 Å². The smallest absolute Gasteiger partial charge is 0.246 e. The summed E-state index contributed by atoms with van der Waals surface area (Å²) in [6.07, 6.45) is 20.0. The molecule has 0 fully saturated rings. The fourth-order valence-electron chi connectivity index (χ4n) is 7.63. The second-order valence-electron chi connectivity index (χ2n) is 17.5. The lowest BCUT2D eigenvalue weighted by Crippen LogP contribution is -2.84. The number of hydrogen-bond acceptors (Lipinski definition) is 9. The van der Waals surface area contributed by atoms with E-state index in [0.29, 0.717) is 68.2 Å². The average Bonchev–Trinajstić information content (AvgIpc) is 3.33. The summed E-state index contributed by atoms with van der Waals surface area (Å²) in [6, 6.07) is 22.2. The molecule has 2 rings (SSSR count). The van der Waals surface area contributed by atoms with Crippen molar-refractivity contribution in [3.8, 4) is 0 Å². The van der Waals surface area contributed by atoms with Gasteiger partial charge in [0.2, 0.25) is 29.5 Å². The van der Waals surface area contributed by atoms with E-state index in [1.807, 2.05) is 0 Å². The number of nitrogens with one attached hydrogen (secondary N) is 2. The summed E-state index contributed by atoms with van der Waals surface area (Å²) < 4.78 is 5.87. The van der Waals surface area contributed by atoms with Crippen LogP contribution in [0.3, 0.4) is 0 Å². The van der Waals surface area contributed by atoms with Crippen molar-refractivity contribution in [2.24, 2.45) is 0 Å². The third-order valence-electron chi connectivity index (χ3n) is 11.7.